The van der Waals surface area contributed by atoms with Gasteiger partial charge in [-0.05, 0) is 30.3 Å². The van der Waals surface area contributed by atoms with Gasteiger partial charge in [0.15, 0.2) is 0 Å². The molecule has 5 heteroatoms. The summed E-state index contributed by atoms with van der Waals surface area (Å²) >= 11 is 0. The number of hydrogen-bond acceptors (Lipinski definition) is 2. The lowest BCUT2D eigenvalue weighted by Gasteiger charge is -2.06. The van der Waals surface area contributed by atoms with Crippen molar-refractivity contribution in [1.82, 2.24) is 0 Å². The maximum atomic E-state index is 12.4. The fraction of sp³-hybridized carbons (Fsp3) is 0.0833. The van der Waals surface area contributed by atoms with Crippen LogP contribution >= 0.6 is 0 Å². The summed E-state index contributed by atoms with van der Waals surface area (Å²) in [6, 6.07) is 8.14. The molecular weight excluding hydrogens is 231 g/mol. The molecule has 0 fully saturated rings. The molecule has 2 aromatic rings. The Morgan fingerprint density at radius 2 is 1.94 bits per heavy atom. The molecule has 0 atom stereocenters. The van der Waals surface area contributed by atoms with E-state index in [9.17, 15) is 13.2 Å². The molecule has 0 aliphatic rings. The summed E-state index contributed by atoms with van der Waals surface area (Å²) < 4.78 is 42.2. The van der Waals surface area contributed by atoms with Crippen LogP contribution < -0.4 is 0 Å². The van der Waals surface area contributed by atoms with Crippen molar-refractivity contribution in [2.75, 3.05) is 0 Å². The van der Waals surface area contributed by atoms with Crippen molar-refractivity contribution < 1.29 is 17.6 Å². The first-order chi connectivity index (χ1) is 8.05. The van der Waals surface area contributed by atoms with Crippen LogP contribution in [0.1, 0.15) is 11.3 Å². The first kappa shape index (κ1) is 11.4. The third-order valence-corrected chi connectivity index (χ3v) is 2.06. The molecule has 1 aromatic heterocycles. The molecule has 0 saturated heterocycles. The standard InChI is InChI=1S/C12H8F3NO/c13-12(14,15)9-3-1-4-10(7-9)16-8-11-5-2-6-17-11/h1-8H. The summed E-state index contributed by atoms with van der Waals surface area (Å²) in [6.07, 6.45) is -1.51. The van der Waals surface area contributed by atoms with Gasteiger partial charge in [-0.1, -0.05) is 6.07 Å². The van der Waals surface area contributed by atoms with Crippen LogP contribution in [0.15, 0.2) is 52.1 Å². The van der Waals surface area contributed by atoms with Crippen molar-refractivity contribution in [3.63, 3.8) is 0 Å². The van der Waals surface area contributed by atoms with E-state index in [0.29, 0.717) is 5.76 Å². The summed E-state index contributed by atoms with van der Waals surface area (Å²) in [6.45, 7) is 0. The van der Waals surface area contributed by atoms with Crippen LogP contribution in [0, 0.1) is 0 Å². The van der Waals surface area contributed by atoms with Gasteiger partial charge in [-0.25, -0.2) is 0 Å². The normalized spacial score (nSPS) is 12.2. The number of aliphatic imine (C=N–C) groups is 1. The summed E-state index contributed by atoms with van der Waals surface area (Å²) in [4.78, 5) is 3.90. The number of hydrogen-bond donors (Lipinski definition) is 0. The highest BCUT2D eigenvalue weighted by atomic mass is 19.4. The Kier molecular flexibility index (Phi) is 2.99. The van der Waals surface area contributed by atoms with Crippen molar-refractivity contribution >= 4 is 11.9 Å². The van der Waals surface area contributed by atoms with Gasteiger partial charge in [0, 0.05) is 0 Å². The number of furan rings is 1. The Bertz CT molecular complexity index is 515. The van der Waals surface area contributed by atoms with E-state index in [1.165, 1.54) is 24.6 Å². The molecule has 0 aliphatic carbocycles. The molecule has 17 heavy (non-hydrogen) atoms. The third-order valence-electron chi connectivity index (χ3n) is 2.06. The highest BCUT2D eigenvalue weighted by molar-refractivity contribution is 5.78. The fourth-order valence-corrected chi connectivity index (χ4v) is 1.27. The molecule has 2 nitrogen and oxygen atoms in total. The van der Waals surface area contributed by atoms with E-state index in [2.05, 4.69) is 4.99 Å². The number of nitrogens with zero attached hydrogens (tertiary/aromatic N) is 1. The van der Waals surface area contributed by atoms with Gasteiger partial charge < -0.3 is 4.42 Å². The molecule has 0 spiro atoms. The molecule has 0 bridgehead atoms. The van der Waals surface area contributed by atoms with E-state index < -0.39 is 11.7 Å². The zero-order valence-electron chi connectivity index (χ0n) is 8.61. The smallest absolute Gasteiger partial charge is 0.416 e. The lowest BCUT2D eigenvalue weighted by Crippen LogP contribution is -2.03. The summed E-state index contributed by atoms with van der Waals surface area (Å²) in [7, 11) is 0. The summed E-state index contributed by atoms with van der Waals surface area (Å²) in [5.74, 6) is 0.488. The lowest BCUT2D eigenvalue weighted by molar-refractivity contribution is -0.137. The molecule has 0 unspecified atom stereocenters. The van der Waals surface area contributed by atoms with Crippen LogP contribution in [0.5, 0.6) is 0 Å². The topological polar surface area (TPSA) is 25.5 Å². The third kappa shape index (κ3) is 2.96. The Labute approximate surface area is 95.4 Å². The average Bonchev–Trinajstić information content (AvgIpc) is 2.78. The first-order valence-electron chi connectivity index (χ1n) is 4.80. The zero-order valence-corrected chi connectivity index (χ0v) is 8.61. The van der Waals surface area contributed by atoms with Crippen molar-refractivity contribution in [3.05, 3.63) is 54.0 Å². The molecule has 88 valence electrons. The predicted molar refractivity (Wildman–Crippen MR) is 57.4 cm³/mol. The molecule has 1 heterocycles. The van der Waals surface area contributed by atoms with Gasteiger partial charge in [0.05, 0.1) is 23.7 Å². The minimum Gasteiger partial charge on any atom is -0.463 e. The van der Waals surface area contributed by atoms with Crippen LogP contribution in [-0.4, -0.2) is 6.21 Å². The number of rotatable bonds is 2. The molecule has 0 radical (unpaired) electrons. The van der Waals surface area contributed by atoms with E-state index in [1.807, 2.05) is 0 Å². The van der Waals surface area contributed by atoms with Gasteiger partial charge in [0.25, 0.3) is 0 Å². The second-order valence-electron chi connectivity index (χ2n) is 3.32. The van der Waals surface area contributed by atoms with Gasteiger partial charge in [-0.2, -0.15) is 13.2 Å². The minimum absolute atomic E-state index is 0.233. The average molecular weight is 239 g/mol. The van der Waals surface area contributed by atoms with E-state index >= 15 is 0 Å². The minimum atomic E-state index is -4.35. The highest BCUT2D eigenvalue weighted by Gasteiger charge is 2.30. The lowest BCUT2D eigenvalue weighted by atomic mass is 10.2. The van der Waals surface area contributed by atoms with Crippen molar-refractivity contribution in [1.29, 1.82) is 0 Å². The van der Waals surface area contributed by atoms with Gasteiger partial charge in [0.1, 0.15) is 5.76 Å². The summed E-state index contributed by atoms with van der Waals surface area (Å²) in [5.41, 5.74) is -0.484. The molecule has 0 amide bonds. The van der Waals surface area contributed by atoms with Crippen molar-refractivity contribution in [3.8, 4) is 0 Å². The zero-order chi connectivity index (χ0) is 12.3. The second-order valence-corrected chi connectivity index (χ2v) is 3.32. The maximum absolute atomic E-state index is 12.4. The Balaban J connectivity index is 2.23. The van der Waals surface area contributed by atoms with Crippen LogP contribution in [0.4, 0.5) is 18.9 Å². The first-order valence-corrected chi connectivity index (χ1v) is 4.80. The van der Waals surface area contributed by atoms with E-state index in [0.717, 1.165) is 12.1 Å². The summed E-state index contributed by atoms with van der Waals surface area (Å²) in [5, 5.41) is 0. The fourth-order valence-electron chi connectivity index (χ4n) is 1.27. The Hall–Kier alpha value is -2.04. The van der Waals surface area contributed by atoms with Crippen LogP contribution in [0.2, 0.25) is 0 Å². The van der Waals surface area contributed by atoms with Gasteiger partial charge in [-0.15, -0.1) is 0 Å². The highest BCUT2D eigenvalue weighted by Crippen LogP contribution is 2.31. The monoisotopic (exact) mass is 239 g/mol. The molecule has 0 aliphatic heterocycles. The van der Waals surface area contributed by atoms with Gasteiger partial charge in [-0.3, -0.25) is 4.99 Å². The van der Waals surface area contributed by atoms with Gasteiger partial charge >= 0.3 is 6.18 Å². The largest absolute Gasteiger partial charge is 0.463 e. The van der Waals surface area contributed by atoms with Crippen LogP contribution in [0.3, 0.4) is 0 Å². The van der Waals surface area contributed by atoms with Crippen molar-refractivity contribution in [2.45, 2.75) is 6.18 Å². The van der Waals surface area contributed by atoms with Crippen LogP contribution in [-0.2, 0) is 6.18 Å². The van der Waals surface area contributed by atoms with E-state index in [-0.39, 0.29) is 5.69 Å². The van der Waals surface area contributed by atoms with Crippen molar-refractivity contribution in [2.24, 2.45) is 4.99 Å². The quantitative estimate of drug-likeness (QED) is 0.726. The molecule has 1 aromatic carbocycles. The number of benzene rings is 1. The van der Waals surface area contributed by atoms with Crippen LogP contribution in [0.25, 0.3) is 0 Å². The van der Waals surface area contributed by atoms with E-state index in [1.54, 1.807) is 12.1 Å². The second kappa shape index (κ2) is 4.45. The SMILES string of the molecule is FC(F)(F)c1cccc(N=Cc2ccco2)c1. The Morgan fingerprint density at radius 3 is 2.59 bits per heavy atom. The molecule has 2 rings (SSSR count). The molecule has 0 N–H and O–H groups in total. The van der Waals surface area contributed by atoms with E-state index in [4.69, 9.17) is 4.42 Å². The Morgan fingerprint density at radius 1 is 1.12 bits per heavy atom. The molecular formula is C12H8F3NO. The maximum Gasteiger partial charge on any atom is 0.416 e. The predicted octanol–water partition coefficient (Wildman–Crippen LogP) is 4.05. The number of alkyl halides is 3. The van der Waals surface area contributed by atoms with Gasteiger partial charge in [0.2, 0.25) is 0 Å². The molecule has 0 saturated carbocycles. The number of halogens is 3.